The first kappa shape index (κ1) is 11.1. The Kier molecular flexibility index (Phi) is 3.57. The van der Waals surface area contributed by atoms with E-state index in [1.54, 1.807) is 12.1 Å². The number of hydrogen-bond acceptors (Lipinski definition) is 1. The topological polar surface area (TPSA) is 12.0 Å². The Balaban J connectivity index is 1.97. The predicted octanol–water partition coefficient (Wildman–Crippen LogP) is 4.20. The lowest BCUT2D eigenvalue weighted by molar-refractivity contribution is 0.628. The van der Waals surface area contributed by atoms with Crippen molar-refractivity contribution in [2.75, 3.05) is 5.32 Å². The molecule has 0 aliphatic rings. The summed E-state index contributed by atoms with van der Waals surface area (Å²) in [5.74, 6) is -0.214. The number of halogens is 2. The lowest BCUT2D eigenvalue weighted by atomic mass is 10.2. The highest BCUT2D eigenvalue weighted by atomic mass is 79.9. The Hall–Kier alpha value is -1.35. The zero-order valence-corrected chi connectivity index (χ0v) is 10.2. The maximum Gasteiger partial charge on any atom is 0.123 e. The van der Waals surface area contributed by atoms with E-state index in [0.717, 1.165) is 16.7 Å². The summed E-state index contributed by atoms with van der Waals surface area (Å²) in [6.45, 7) is 0.735. The minimum atomic E-state index is -0.214. The van der Waals surface area contributed by atoms with Gasteiger partial charge in [-0.1, -0.05) is 28.1 Å². The summed E-state index contributed by atoms with van der Waals surface area (Å²) in [5, 5.41) is 3.23. The van der Waals surface area contributed by atoms with E-state index in [4.69, 9.17) is 0 Å². The van der Waals surface area contributed by atoms with Gasteiger partial charge in [0.1, 0.15) is 5.82 Å². The largest absolute Gasteiger partial charge is 0.381 e. The standard InChI is InChI=1S/C13H11BrFN/c14-11-3-1-10(2-4-11)9-16-13-7-5-12(15)6-8-13/h1-8,16H,9H2. The summed E-state index contributed by atoms with van der Waals surface area (Å²) >= 11 is 3.39. The maximum absolute atomic E-state index is 12.7. The highest BCUT2D eigenvalue weighted by Gasteiger charge is 1.95. The van der Waals surface area contributed by atoms with Crippen LogP contribution in [-0.2, 0) is 6.54 Å². The molecule has 82 valence electrons. The van der Waals surface area contributed by atoms with Crippen LogP contribution in [0.25, 0.3) is 0 Å². The Bertz CT molecular complexity index is 405. The van der Waals surface area contributed by atoms with E-state index in [2.05, 4.69) is 21.2 Å². The molecule has 2 aromatic rings. The van der Waals surface area contributed by atoms with Crippen LogP contribution < -0.4 is 5.32 Å². The SMILES string of the molecule is Fc1ccc(NCc2ccc(Br)cc2)cc1. The summed E-state index contributed by atoms with van der Waals surface area (Å²) in [5.41, 5.74) is 2.11. The van der Waals surface area contributed by atoms with Crippen LogP contribution in [0.4, 0.5) is 10.1 Å². The third kappa shape index (κ3) is 3.07. The molecule has 0 saturated carbocycles. The Morgan fingerprint density at radius 2 is 1.56 bits per heavy atom. The molecule has 0 heterocycles. The van der Waals surface area contributed by atoms with E-state index < -0.39 is 0 Å². The van der Waals surface area contributed by atoms with Crippen molar-refractivity contribution in [3.05, 3.63) is 64.4 Å². The van der Waals surface area contributed by atoms with Gasteiger partial charge in [0.2, 0.25) is 0 Å². The zero-order chi connectivity index (χ0) is 11.4. The summed E-state index contributed by atoms with van der Waals surface area (Å²) in [6, 6.07) is 14.4. The molecule has 3 heteroatoms. The van der Waals surface area contributed by atoms with Crippen molar-refractivity contribution in [1.29, 1.82) is 0 Å². The van der Waals surface area contributed by atoms with E-state index in [9.17, 15) is 4.39 Å². The van der Waals surface area contributed by atoms with E-state index in [1.165, 1.54) is 17.7 Å². The first-order chi connectivity index (χ1) is 7.74. The lowest BCUT2D eigenvalue weighted by Crippen LogP contribution is -1.98. The maximum atomic E-state index is 12.7. The monoisotopic (exact) mass is 279 g/mol. The zero-order valence-electron chi connectivity index (χ0n) is 8.58. The highest BCUT2D eigenvalue weighted by molar-refractivity contribution is 9.10. The molecule has 0 bridgehead atoms. The van der Waals surface area contributed by atoms with Crippen LogP contribution in [0.3, 0.4) is 0 Å². The fraction of sp³-hybridized carbons (Fsp3) is 0.0769. The van der Waals surface area contributed by atoms with Crippen molar-refractivity contribution >= 4 is 21.6 Å². The molecule has 0 fully saturated rings. The molecule has 1 nitrogen and oxygen atoms in total. The average Bonchev–Trinajstić information content (AvgIpc) is 2.30. The van der Waals surface area contributed by atoms with Crippen LogP contribution in [-0.4, -0.2) is 0 Å². The van der Waals surface area contributed by atoms with Gasteiger partial charge in [0.25, 0.3) is 0 Å². The van der Waals surface area contributed by atoms with E-state index in [0.29, 0.717) is 0 Å². The van der Waals surface area contributed by atoms with Crippen LogP contribution in [0, 0.1) is 5.82 Å². The normalized spacial score (nSPS) is 10.1. The summed E-state index contributed by atoms with van der Waals surface area (Å²) < 4.78 is 13.7. The van der Waals surface area contributed by atoms with Gasteiger partial charge in [0, 0.05) is 16.7 Å². The van der Waals surface area contributed by atoms with Crippen molar-refractivity contribution in [1.82, 2.24) is 0 Å². The molecule has 2 rings (SSSR count). The van der Waals surface area contributed by atoms with Crippen LogP contribution in [0.1, 0.15) is 5.56 Å². The number of rotatable bonds is 3. The second-order valence-corrected chi connectivity index (χ2v) is 4.40. The molecule has 0 aliphatic heterocycles. The summed E-state index contributed by atoms with van der Waals surface area (Å²) in [4.78, 5) is 0. The first-order valence-electron chi connectivity index (χ1n) is 4.98. The average molecular weight is 280 g/mol. The van der Waals surface area contributed by atoms with Gasteiger partial charge in [0.05, 0.1) is 0 Å². The van der Waals surface area contributed by atoms with Crippen molar-refractivity contribution < 1.29 is 4.39 Å². The Labute approximate surface area is 102 Å². The third-order valence-corrected chi connectivity index (χ3v) is 2.78. The molecular weight excluding hydrogens is 269 g/mol. The van der Waals surface area contributed by atoms with Crippen LogP contribution >= 0.6 is 15.9 Å². The quantitative estimate of drug-likeness (QED) is 0.888. The molecule has 0 spiro atoms. The Morgan fingerprint density at radius 3 is 2.19 bits per heavy atom. The van der Waals surface area contributed by atoms with Crippen molar-refractivity contribution in [2.45, 2.75) is 6.54 Å². The molecule has 0 amide bonds. The van der Waals surface area contributed by atoms with Gasteiger partial charge in [-0.3, -0.25) is 0 Å². The van der Waals surface area contributed by atoms with Crippen molar-refractivity contribution in [2.24, 2.45) is 0 Å². The molecule has 0 saturated heterocycles. The van der Waals surface area contributed by atoms with Gasteiger partial charge in [-0.15, -0.1) is 0 Å². The molecular formula is C13H11BrFN. The smallest absolute Gasteiger partial charge is 0.123 e. The molecule has 0 radical (unpaired) electrons. The molecule has 1 N–H and O–H groups in total. The summed E-state index contributed by atoms with van der Waals surface area (Å²) in [7, 11) is 0. The van der Waals surface area contributed by atoms with Gasteiger partial charge < -0.3 is 5.32 Å². The van der Waals surface area contributed by atoms with E-state index in [-0.39, 0.29) is 5.82 Å². The third-order valence-electron chi connectivity index (χ3n) is 2.25. The second kappa shape index (κ2) is 5.12. The lowest BCUT2D eigenvalue weighted by Gasteiger charge is -2.06. The van der Waals surface area contributed by atoms with Gasteiger partial charge in [-0.05, 0) is 42.0 Å². The second-order valence-electron chi connectivity index (χ2n) is 3.49. The van der Waals surface area contributed by atoms with Gasteiger partial charge in [-0.2, -0.15) is 0 Å². The molecule has 16 heavy (non-hydrogen) atoms. The van der Waals surface area contributed by atoms with Gasteiger partial charge in [-0.25, -0.2) is 4.39 Å². The molecule has 0 aromatic heterocycles. The van der Waals surface area contributed by atoms with E-state index in [1.807, 2.05) is 24.3 Å². The summed E-state index contributed by atoms with van der Waals surface area (Å²) in [6.07, 6.45) is 0. The molecule has 0 unspecified atom stereocenters. The number of hydrogen-bond donors (Lipinski definition) is 1. The van der Waals surface area contributed by atoms with Gasteiger partial charge >= 0.3 is 0 Å². The van der Waals surface area contributed by atoms with Crippen LogP contribution in [0.15, 0.2) is 53.0 Å². The fourth-order valence-corrected chi connectivity index (χ4v) is 1.64. The Morgan fingerprint density at radius 1 is 0.938 bits per heavy atom. The molecule has 0 aliphatic carbocycles. The number of nitrogens with one attached hydrogen (secondary N) is 1. The highest BCUT2D eigenvalue weighted by Crippen LogP contribution is 2.13. The van der Waals surface area contributed by atoms with Gasteiger partial charge in [0.15, 0.2) is 0 Å². The van der Waals surface area contributed by atoms with Crippen molar-refractivity contribution in [3.8, 4) is 0 Å². The predicted molar refractivity (Wildman–Crippen MR) is 67.9 cm³/mol. The van der Waals surface area contributed by atoms with E-state index >= 15 is 0 Å². The first-order valence-corrected chi connectivity index (χ1v) is 5.77. The number of benzene rings is 2. The number of anilines is 1. The van der Waals surface area contributed by atoms with Crippen LogP contribution in [0.5, 0.6) is 0 Å². The minimum absolute atomic E-state index is 0.214. The van der Waals surface area contributed by atoms with Crippen LogP contribution in [0.2, 0.25) is 0 Å². The molecule has 0 atom stereocenters. The molecule has 2 aromatic carbocycles. The fourth-order valence-electron chi connectivity index (χ4n) is 1.37. The van der Waals surface area contributed by atoms with Crippen molar-refractivity contribution in [3.63, 3.8) is 0 Å². The minimum Gasteiger partial charge on any atom is -0.381 e.